The van der Waals surface area contributed by atoms with Crippen molar-refractivity contribution in [1.82, 2.24) is 15.1 Å². The number of methoxy groups -OCH3 is 1. The largest absolute Gasteiger partial charge is 0.496 e. The molecule has 1 fully saturated rings. The summed E-state index contributed by atoms with van der Waals surface area (Å²) in [5.74, 6) is 2.98. The van der Waals surface area contributed by atoms with Gasteiger partial charge in [-0.05, 0) is 50.3 Å². The van der Waals surface area contributed by atoms with Crippen molar-refractivity contribution in [2.45, 2.75) is 39.2 Å². The molecule has 1 aromatic heterocycles. The Bertz CT molecular complexity index is 641. The molecule has 2 atom stereocenters. The van der Waals surface area contributed by atoms with Crippen molar-refractivity contribution in [3.63, 3.8) is 0 Å². The van der Waals surface area contributed by atoms with E-state index in [0.29, 0.717) is 11.8 Å². The monoisotopic (exact) mass is 315 g/mol. The summed E-state index contributed by atoms with van der Waals surface area (Å²) in [4.78, 5) is 2.45. The first-order valence-electron chi connectivity index (χ1n) is 8.33. The van der Waals surface area contributed by atoms with Gasteiger partial charge in [-0.15, -0.1) is 10.2 Å². The Morgan fingerprint density at radius 1 is 1.35 bits per heavy atom. The molecule has 1 saturated heterocycles. The number of benzene rings is 1. The van der Waals surface area contributed by atoms with Crippen LogP contribution in [0.1, 0.15) is 43.2 Å². The van der Waals surface area contributed by atoms with Crippen LogP contribution in [0.25, 0.3) is 0 Å². The van der Waals surface area contributed by atoms with Gasteiger partial charge < -0.3 is 9.15 Å². The zero-order valence-corrected chi connectivity index (χ0v) is 14.2. The molecule has 23 heavy (non-hydrogen) atoms. The first-order valence-corrected chi connectivity index (χ1v) is 8.33. The van der Waals surface area contributed by atoms with Gasteiger partial charge in [0, 0.05) is 13.5 Å². The van der Waals surface area contributed by atoms with Crippen LogP contribution < -0.4 is 4.74 Å². The number of para-hydroxylation sites is 1. The van der Waals surface area contributed by atoms with E-state index >= 15 is 0 Å². The van der Waals surface area contributed by atoms with Gasteiger partial charge in [0.15, 0.2) is 0 Å². The molecule has 0 unspecified atom stereocenters. The highest BCUT2D eigenvalue weighted by Crippen LogP contribution is 2.29. The van der Waals surface area contributed by atoms with Crippen molar-refractivity contribution in [2.75, 3.05) is 20.2 Å². The Morgan fingerprint density at radius 3 is 2.91 bits per heavy atom. The van der Waals surface area contributed by atoms with Gasteiger partial charge in [0.25, 0.3) is 0 Å². The summed E-state index contributed by atoms with van der Waals surface area (Å²) >= 11 is 0. The van der Waals surface area contributed by atoms with Gasteiger partial charge in [-0.25, -0.2) is 0 Å². The fraction of sp³-hybridized carbons (Fsp3) is 0.556. The second-order valence-electron chi connectivity index (χ2n) is 6.35. The van der Waals surface area contributed by atoms with Gasteiger partial charge in [-0.2, -0.15) is 0 Å². The van der Waals surface area contributed by atoms with Crippen molar-refractivity contribution >= 4 is 0 Å². The minimum Gasteiger partial charge on any atom is -0.496 e. The molecule has 1 aliphatic rings. The normalized spacial score (nSPS) is 20.4. The van der Waals surface area contributed by atoms with Crippen molar-refractivity contribution in [3.05, 3.63) is 41.6 Å². The lowest BCUT2D eigenvalue weighted by Crippen LogP contribution is -2.38. The number of likely N-dealkylation sites (tertiary alicyclic amines) is 1. The third kappa shape index (κ3) is 3.72. The topological polar surface area (TPSA) is 51.4 Å². The van der Waals surface area contributed by atoms with Crippen LogP contribution in [0.15, 0.2) is 28.7 Å². The molecule has 5 nitrogen and oxygen atoms in total. The molecule has 0 saturated carbocycles. The average molecular weight is 315 g/mol. The molecule has 124 valence electrons. The van der Waals surface area contributed by atoms with Gasteiger partial charge in [-0.1, -0.05) is 18.2 Å². The highest BCUT2D eigenvalue weighted by molar-refractivity contribution is 5.33. The Labute approximate surface area is 137 Å². The average Bonchev–Trinajstić information content (AvgIpc) is 3.01. The van der Waals surface area contributed by atoms with E-state index in [1.54, 1.807) is 7.11 Å². The van der Waals surface area contributed by atoms with Gasteiger partial charge >= 0.3 is 0 Å². The van der Waals surface area contributed by atoms with Crippen LogP contribution in [0.4, 0.5) is 0 Å². The first kappa shape index (κ1) is 16.0. The van der Waals surface area contributed by atoms with E-state index in [2.05, 4.69) is 34.2 Å². The minimum atomic E-state index is 0.177. The van der Waals surface area contributed by atoms with Crippen LogP contribution in [-0.4, -0.2) is 35.3 Å². The van der Waals surface area contributed by atoms with Crippen LogP contribution in [0.2, 0.25) is 0 Å². The SMILES string of the molecule is COc1ccccc1C[C@@H]1CCCN([C@H](C)c2nnc(C)o2)C1. The molecule has 0 spiro atoms. The molecule has 5 heteroatoms. The molecule has 0 amide bonds. The third-order valence-corrected chi connectivity index (χ3v) is 4.70. The van der Waals surface area contributed by atoms with Crippen LogP contribution in [0.3, 0.4) is 0 Å². The molecular formula is C18H25N3O2. The van der Waals surface area contributed by atoms with Gasteiger partial charge in [0.05, 0.1) is 13.2 Å². The number of aromatic nitrogens is 2. The molecule has 0 bridgehead atoms. The molecule has 1 aliphatic heterocycles. The Balaban J connectivity index is 1.66. The zero-order chi connectivity index (χ0) is 16.2. The first-order chi connectivity index (χ1) is 11.2. The van der Waals surface area contributed by atoms with E-state index in [1.807, 2.05) is 19.1 Å². The summed E-state index contributed by atoms with van der Waals surface area (Å²) in [6.07, 6.45) is 3.51. The number of rotatable bonds is 5. The van der Waals surface area contributed by atoms with Crippen molar-refractivity contribution < 1.29 is 9.15 Å². The van der Waals surface area contributed by atoms with Crippen LogP contribution >= 0.6 is 0 Å². The number of aryl methyl sites for hydroxylation is 1. The molecule has 0 radical (unpaired) electrons. The van der Waals surface area contributed by atoms with Crippen molar-refractivity contribution in [3.8, 4) is 5.75 Å². The molecule has 3 rings (SSSR count). The quantitative estimate of drug-likeness (QED) is 0.846. The predicted octanol–water partition coefficient (Wildman–Crippen LogP) is 3.40. The smallest absolute Gasteiger partial charge is 0.233 e. The summed E-state index contributed by atoms with van der Waals surface area (Å²) in [5, 5.41) is 8.13. The van der Waals surface area contributed by atoms with E-state index in [0.717, 1.165) is 31.2 Å². The van der Waals surface area contributed by atoms with Crippen LogP contribution in [0.5, 0.6) is 5.75 Å². The summed E-state index contributed by atoms with van der Waals surface area (Å²) in [5.41, 5.74) is 1.29. The van der Waals surface area contributed by atoms with E-state index in [9.17, 15) is 0 Å². The Morgan fingerprint density at radius 2 is 2.17 bits per heavy atom. The summed E-state index contributed by atoms with van der Waals surface area (Å²) in [6.45, 7) is 6.13. The van der Waals surface area contributed by atoms with Crippen LogP contribution in [0, 0.1) is 12.8 Å². The van der Waals surface area contributed by atoms with E-state index < -0.39 is 0 Å². The fourth-order valence-electron chi connectivity index (χ4n) is 3.44. The molecule has 1 aromatic carbocycles. The molecule has 0 N–H and O–H groups in total. The van der Waals surface area contributed by atoms with Gasteiger partial charge in [-0.3, -0.25) is 4.90 Å². The van der Waals surface area contributed by atoms with Crippen molar-refractivity contribution in [1.29, 1.82) is 0 Å². The number of hydrogen-bond donors (Lipinski definition) is 0. The van der Waals surface area contributed by atoms with E-state index in [4.69, 9.17) is 9.15 Å². The van der Waals surface area contributed by atoms with E-state index in [-0.39, 0.29) is 6.04 Å². The minimum absolute atomic E-state index is 0.177. The van der Waals surface area contributed by atoms with Gasteiger partial charge in [0.1, 0.15) is 5.75 Å². The summed E-state index contributed by atoms with van der Waals surface area (Å²) in [6, 6.07) is 8.50. The Kier molecular flexibility index (Phi) is 4.96. The fourth-order valence-corrected chi connectivity index (χ4v) is 3.44. The molecule has 2 aromatic rings. The molecular weight excluding hydrogens is 290 g/mol. The standard InChI is InChI=1S/C18H25N3O2/c1-13(18-20-19-14(2)23-18)21-10-6-7-15(12-21)11-16-8-4-5-9-17(16)22-3/h4-5,8-9,13,15H,6-7,10-12H2,1-3H3/t13-,15+/m1/s1. The summed E-state index contributed by atoms with van der Waals surface area (Å²) in [7, 11) is 1.74. The number of piperidine rings is 1. The second-order valence-corrected chi connectivity index (χ2v) is 6.35. The van der Waals surface area contributed by atoms with Crippen molar-refractivity contribution in [2.24, 2.45) is 5.92 Å². The Hall–Kier alpha value is -1.88. The van der Waals surface area contributed by atoms with E-state index in [1.165, 1.54) is 18.4 Å². The summed E-state index contributed by atoms with van der Waals surface area (Å²) < 4.78 is 11.1. The highest BCUT2D eigenvalue weighted by atomic mass is 16.5. The third-order valence-electron chi connectivity index (χ3n) is 4.70. The number of hydrogen-bond acceptors (Lipinski definition) is 5. The molecule has 2 heterocycles. The number of ether oxygens (including phenoxy) is 1. The zero-order valence-electron chi connectivity index (χ0n) is 14.2. The maximum absolute atomic E-state index is 5.60. The highest BCUT2D eigenvalue weighted by Gasteiger charge is 2.27. The lowest BCUT2D eigenvalue weighted by Gasteiger charge is -2.35. The molecule has 0 aliphatic carbocycles. The lowest BCUT2D eigenvalue weighted by molar-refractivity contribution is 0.115. The maximum atomic E-state index is 5.60. The maximum Gasteiger partial charge on any atom is 0.233 e. The van der Waals surface area contributed by atoms with Gasteiger partial charge in [0.2, 0.25) is 11.8 Å². The lowest BCUT2D eigenvalue weighted by atomic mass is 9.90. The predicted molar refractivity (Wildman–Crippen MR) is 88.4 cm³/mol. The number of nitrogens with zero attached hydrogens (tertiary/aromatic N) is 3. The second kappa shape index (κ2) is 7.13. The van der Waals surface area contributed by atoms with Crippen LogP contribution in [-0.2, 0) is 6.42 Å².